The Morgan fingerprint density at radius 2 is 1.97 bits per heavy atom. The summed E-state index contributed by atoms with van der Waals surface area (Å²) in [5.74, 6) is 0.325. The SMILES string of the molecule is Cc1cc(N2CC(C(=O)CC3CCCCC3)C2)nc2c1c(=O)c(C(=O)O)cn2-c1nccs1. The number of hydrogen-bond acceptors (Lipinski definition) is 7. The number of aromatic nitrogens is 3. The highest BCUT2D eigenvalue weighted by Gasteiger charge is 2.35. The van der Waals surface area contributed by atoms with Crippen molar-refractivity contribution in [2.24, 2.45) is 11.8 Å². The number of carbonyl (C=O) groups is 2. The van der Waals surface area contributed by atoms with E-state index in [4.69, 9.17) is 4.98 Å². The molecule has 1 saturated carbocycles. The number of thiazole rings is 1. The molecule has 0 amide bonds. The summed E-state index contributed by atoms with van der Waals surface area (Å²) in [6.45, 7) is 3.04. The van der Waals surface area contributed by atoms with Gasteiger partial charge in [-0.1, -0.05) is 32.1 Å². The lowest BCUT2D eigenvalue weighted by Gasteiger charge is -2.40. The lowest BCUT2D eigenvalue weighted by Crippen LogP contribution is -2.51. The van der Waals surface area contributed by atoms with E-state index in [1.807, 2.05) is 6.07 Å². The molecule has 0 spiro atoms. The number of carbonyl (C=O) groups excluding carboxylic acids is 1. The van der Waals surface area contributed by atoms with Crippen LogP contribution in [-0.2, 0) is 4.79 Å². The van der Waals surface area contributed by atoms with Gasteiger partial charge in [0, 0.05) is 37.3 Å². The minimum absolute atomic E-state index is 0.0280. The van der Waals surface area contributed by atoms with Crippen molar-refractivity contribution < 1.29 is 14.7 Å². The number of pyridine rings is 2. The largest absolute Gasteiger partial charge is 0.477 e. The quantitative estimate of drug-likeness (QED) is 0.589. The molecule has 1 N–H and O–H groups in total. The van der Waals surface area contributed by atoms with Crippen LogP contribution in [0.1, 0.15) is 54.4 Å². The molecule has 2 aliphatic rings. The van der Waals surface area contributed by atoms with Crippen molar-refractivity contribution in [3.63, 3.8) is 0 Å². The van der Waals surface area contributed by atoms with Gasteiger partial charge in [-0.05, 0) is 24.5 Å². The standard InChI is InChI=1S/C24H26N4O4S/c1-14-9-19(27-11-16(12-27)18(29)10-15-5-3-2-4-6-15)26-22-20(14)21(30)17(23(31)32)13-28(22)24-25-7-8-33-24/h7-9,13,15-16H,2-6,10-12H2,1H3,(H,31,32). The molecular formula is C24H26N4O4S. The summed E-state index contributed by atoms with van der Waals surface area (Å²) in [5, 5.41) is 12.1. The summed E-state index contributed by atoms with van der Waals surface area (Å²) in [7, 11) is 0. The fourth-order valence-electron chi connectivity index (χ4n) is 4.98. The van der Waals surface area contributed by atoms with Gasteiger partial charge >= 0.3 is 5.97 Å². The smallest absolute Gasteiger partial charge is 0.341 e. The second kappa shape index (κ2) is 8.70. The first-order valence-corrected chi connectivity index (χ1v) is 12.3. The predicted octanol–water partition coefficient (Wildman–Crippen LogP) is 3.82. The van der Waals surface area contributed by atoms with Crippen LogP contribution in [0.2, 0.25) is 0 Å². The number of ketones is 1. The Bertz CT molecular complexity index is 1270. The van der Waals surface area contributed by atoms with Gasteiger partial charge < -0.3 is 10.0 Å². The molecule has 0 aromatic carbocycles. The molecule has 0 bridgehead atoms. The number of aryl methyl sites for hydroxylation is 1. The molecule has 0 atom stereocenters. The number of fused-ring (bicyclic) bond motifs is 1. The number of hydrogen-bond donors (Lipinski definition) is 1. The van der Waals surface area contributed by atoms with Gasteiger partial charge in [-0.25, -0.2) is 14.8 Å². The normalized spacial score (nSPS) is 17.3. The Balaban J connectivity index is 1.44. The van der Waals surface area contributed by atoms with Crippen molar-refractivity contribution in [1.82, 2.24) is 14.5 Å². The highest BCUT2D eigenvalue weighted by molar-refractivity contribution is 7.12. The Morgan fingerprint density at radius 1 is 1.21 bits per heavy atom. The Hall–Kier alpha value is -3.07. The van der Waals surface area contributed by atoms with Crippen LogP contribution in [0.25, 0.3) is 16.2 Å². The monoisotopic (exact) mass is 466 g/mol. The Morgan fingerprint density at radius 3 is 2.64 bits per heavy atom. The maximum absolute atomic E-state index is 12.9. The molecule has 33 heavy (non-hydrogen) atoms. The third-order valence-electron chi connectivity index (χ3n) is 6.87. The zero-order valence-electron chi connectivity index (χ0n) is 18.5. The van der Waals surface area contributed by atoms with Crippen LogP contribution in [0.5, 0.6) is 0 Å². The minimum atomic E-state index is -1.28. The molecule has 3 aromatic heterocycles. The van der Waals surface area contributed by atoms with Crippen LogP contribution in [0, 0.1) is 18.8 Å². The molecule has 8 nitrogen and oxygen atoms in total. The van der Waals surface area contributed by atoms with Crippen molar-refractivity contribution in [2.75, 3.05) is 18.0 Å². The first-order chi connectivity index (χ1) is 15.9. The summed E-state index contributed by atoms with van der Waals surface area (Å²) in [5.41, 5.74) is 0.177. The molecule has 3 aromatic rings. The number of rotatable bonds is 6. The molecule has 0 unspecified atom stereocenters. The summed E-state index contributed by atoms with van der Waals surface area (Å²) >= 11 is 1.34. The van der Waals surface area contributed by atoms with Crippen molar-refractivity contribution in [3.05, 3.63) is 45.2 Å². The van der Waals surface area contributed by atoms with Crippen molar-refractivity contribution >= 4 is 39.9 Å². The molecule has 1 aliphatic carbocycles. The number of nitrogens with zero attached hydrogens (tertiary/aromatic N) is 4. The van der Waals surface area contributed by atoms with E-state index in [2.05, 4.69) is 9.88 Å². The highest BCUT2D eigenvalue weighted by atomic mass is 32.1. The van der Waals surface area contributed by atoms with Gasteiger partial charge in [-0.3, -0.25) is 14.2 Å². The van der Waals surface area contributed by atoms with E-state index in [1.54, 1.807) is 23.1 Å². The molecule has 2 fully saturated rings. The van der Waals surface area contributed by atoms with Gasteiger partial charge in [0.05, 0.1) is 11.3 Å². The van der Waals surface area contributed by atoms with Crippen molar-refractivity contribution in [2.45, 2.75) is 45.4 Å². The Labute approximate surface area is 194 Å². The van der Waals surface area contributed by atoms with E-state index >= 15 is 0 Å². The third kappa shape index (κ3) is 4.06. The van der Waals surface area contributed by atoms with Crippen molar-refractivity contribution in [3.8, 4) is 5.13 Å². The second-order valence-electron chi connectivity index (χ2n) is 9.13. The summed E-state index contributed by atoms with van der Waals surface area (Å²) in [4.78, 5) is 48.4. The number of aromatic carboxylic acids is 1. The number of Topliss-reactive ketones (excluding diaryl/α,β-unsaturated/α-hetero) is 1. The summed E-state index contributed by atoms with van der Waals surface area (Å²) in [6, 6.07) is 1.81. The first-order valence-electron chi connectivity index (χ1n) is 11.4. The number of carboxylic acids is 1. The number of carboxylic acid groups (broad SMARTS) is 1. The average molecular weight is 467 g/mol. The fourth-order valence-corrected chi connectivity index (χ4v) is 5.60. The van der Waals surface area contributed by atoms with Crippen molar-refractivity contribution in [1.29, 1.82) is 0 Å². The van der Waals surface area contributed by atoms with Gasteiger partial charge in [0.1, 0.15) is 17.2 Å². The first kappa shape index (κ1) is 21.8. The van der Waals surface area contributed by atoms with Gasteiger partial charge in [0.25, 0.3) is 0 Å². The molecule has 1 saturated heterocycles. The highest BCUT2D eigenvalue weighted by Crippen LogP contribution is 2.32. The average Bonchev–Trinajstić information content (AvgIpc) is 3.28. The van der Waals surface area contributed by atoms with Gasteiger partial charge in [-0.2, -0.15) is 0 Å². The fraction of sp³-hybridized carbons (Fsp3) is 0.458. The van der Waals surface area contributed by atoms with Gasteiger partial charge in [-0.15, -0.1) is 11.3 Å². The van der Waals surface area contributed by atoms with E-state index in [1.165, 1.54) is 49.6 Å². The van der Waals surface area contributed by atoms with Gasteiger partial charge in [0.2, 0.25) is 5.43 Å². The lowest BCUT2D eigenvalue weighted by atomic mass is 9.82. The van der Waals surface area contributed by atoms with Crippen LogP contribution >= 0.6 is 11.3 Å². The van der Waals surface area contributed by atoms with E-state index in [0.29, 0.717) is 53.4 Å². The van der Waals surface area contributed by atoms with E-state index < -0.39 is 11.4 Å². The van der Waals surface area contributed by atoms with Crippen LogP contribution in [-0.4, -0.2) is 44.5 Å². The topological polar surface area (TPSA) is 105 Å². The second-order valence-corrected chi connectivity index (χ2v) is 10.0. The summed E-state index contributed by atoms with van der Waals surface area (Å²) < 4.78 is 1.58. The minimum Gasteiger partial charge on any atom is -0.477 e. The van der Waals surface area contributed by atoms with Crippen LogP contribution in [0.15, 0.2) is 28.6 Å². The molecule has 0 radical (unpaired) electrons. The van der Waals surface area contributed by atoms with E-state index in [-0.39, 0.29) is 16.9 Å². The maximum atomic E-state index is 12.9. The third-order valence-corrected chi connectivity index (χ3v) is 7.64. The number of anilines is 1. The van der Waals surface area contributed by atoms with Gasteiger partial charge in [0.15, 0.2) is 10.8 Å². The van der Waals surface area contributed by atoms with E-state index in [0.717, 1.165) is 0 Å². The van der Waals surface area contributed by atoms with Crippen LogP contribution < -0.4 is 10.3 Å². The lowest BCUT2D eigenvalue weighted by molar-refractivity contribution is -0.124. The maximum Gasteiger partial charge on any atom is 0.341 e. The van der Waals surface area contributed by atoms with E-state index in [9.17, 15) is 19.5 Å². The van der Waals surface area contributed by atoms with Crippen LogP contribution in [0.4, 0.5) is 5.82 Å². The zero-order valence-corrected chi connectivity index (χ0v) is 19.3. The molecule has 9 heteroatoms. The Kier molecular flexibility index (Phi) is 5.74. The zero-order chi connectivity index (χ0) is 23.1. The molecule has 172 valence electrons. The molecule has 4 heterocycles. The van der Waals surface area contributed by atoms with Crippen LogP contribution in [0.3, 0.4) is 0 Å². The molecule has 5 rings (SSSR count). The molecule has 1 aliphatic heterocycles. The molecular weight excluding hydrogens is 440 g/mol. The summed E-state index contributed by atoms with van der Waals surface area (Å²) in [6.07, 6.45) is 9.70. The predicted molar refractivity (Wildman–Crippen MR) is 127 cm³/mol.